The summed E-state index contributed by atoms with van der Waals surface area (Å²) in [6.07, 6.45) is 1.90. The molecule has 0 saturated heterocycles. The Bertz CT molecular complexity index is 293. The molecule has 5 heteroatoms. The summed E-state index contributed by atoms with van der Waals surface area (Å²) in [6, 6.07) is 4.10. The molecular weight excluding hydrogens is 190 g/mol. The maximum Gasteiger partial charge on any atom is 0.488 e. The zero-order valence-electron chi connectivity index (χ0n) is 7.20. The Hall–Kier alpha value is -0.515. The topological polar surface area (TPSA) is 40.5 Å². The molecule has 0 heterocycles. The summed E-state index contributed by atoms with van der Waals surface area (Å²) < 4.78 is 12.9. The first-order valence-electron chi connectivity index (χ1n) is 3.78. The number of hydrogen-bond donors (Lipinski definition) is 2. The maximum absolute atomic E-state index is 12.9. The molecule has 0 aromatic heterocycles. The van der Waals surface area contributed by atoms with E-state index >= 15 is 0 Å². The van der Waals surface area contributed by atoms with Crippen LogP contribution in [0, 0.1) is 5.82 Å². The first kappa shape index (κ1) is 10.6. The Labute approximate surface area is 80.9 Å². The van der Waals surface area contributed by atoms with Crippen LogP contribution in [0.5, 0.6) is 0 Å². The van der Waals surface area contributed by atoms with Gasteiger partial charge in [-0.3, -0.25) is 0 Å². The molecule has 2 N–H and O–H groups in total. The number of hydrogen-bond acceptors (Lipinski definition) is 3. The van der Waals surface area contributed by atoms with Gasteiger partial charge >= 0.3 is 7.12 Å². The highest BCUT2D eigenvalue weighted by Gasteiger charge is 2.12. The van der Waals surface area contributed by atoms with Crippen LogP contribution in [0.15, 0.2) is 18.2 Å². The van der Waals surface area contributed by atoms with Crippen molar-refractivity contribution in [1.82, 2.24) is 0 Å². The molecule has 0 aliphatic heterocycles. The molecule has 0 fully saturated rings. The number of thioether (sulfide) groups is 1. The zero-order chi connectivity index (χ0) is 9.84. The SMILES string of the molecule is CSCc1cc(F)cc(B(O)O)c1. The van der Waals surface area contributed by atoms with Gasteiger partial charge in [-0.05, 0) is 29.4 Å². The Morgan fingerprint density at radius 3 is 2.62 bits per heavy atom. The van der Waals surface area contributed by atoms with Crippen LogP contribution in [0.2, 0.25) is 0 Å². The summed E-state index contributed by atoms with van der Waals surface area (Å²) in [5, 5.41) is 17.6. The summed E-state index contributed by atoms with van der Waals surface area (Å²) in [7, 11) is -1.60. The summed E-state index contributed by atoms with van der Waals surface area (Å²) in [5.41, 5.74) is 0.958. The van der Waals surface area contributed by atoms with Gasteiger partial charge in [0.2, 0.25) is 0 Å². The minimum Gasteiger partial charge on any atom is -0.423 e. The van der Waals surface area contributed by atoms with E-state index in [9.17, 15) is 4.39 Å². The van der Waals surface area contributed by atoms with Gasteiger partial charge < -0.3 is 10.0 Å². The van der Waals surface area contributed by atoms with E-state index in [1.807, 2.05) is 6.26 Å². The molecule has 0 bridgehead atoms. The van der Waals surface area contributed by atoms with Gasteiger partial charge in [-0.15, -0.1) is 0 Å². The first-order chi connectivity index (χ1) is 6.13. The quantitative estimate of drug-likeness (QED) is 0.692. The molecule has 0 aliphatic carbocycles. The molecule has 0 amide bonds. The third-order valence-electron chi connectivity index (χ3n) is 1.59. The molecule has 1 aromatic carbocycles. The molecule has 0 atom stereocenters. The lowest BCUT2D eigenvalue weighted by Gasteiger charge is -2.03. The zero-order valence-corrected chi connectivity index (χ0v) is 8.01. The highest BCUT2D eigenvalue weighted by molar-refractivity contribution is 7.97. The van der Waals surface area contributed by atoms with E-state index in [2.05, 4.69) is 0 Å². The Kier molecular flexibility index (Phi) is 3.78. The average molecular weight is 200 g/mol. The molecule has 70 valence electrons. The van der Waals surface area contributed by atoms with Gasteiger partial charge in [-0.1, -0.05) is 6.07 Å². The third-order valence-corrected chi connectivity index (χ3v) is 2.21. The van der Waals surface area contributed by atoms with Crippen LogP contribution < -0.4 is 5.46 Å². The van der Waals surface area contributed by atoms with Crippen molar-refractivity contribution in [3.05, 3.63) is 29.6 Å². The highest BCUT2D eigenvalue weighted by atomic mass is 32.2. The van der Waals surface area contributed by atoms with Crippen LogP contribution in [-0.2, 0) is 5.75 Å². The van der Waals surface area contributed by atoms with E-state index < -0.39 is 12.9 Å². The van der Waals surface area contributed by atoms with Gasteiger partial charge in [-0.2, -0.15) is 11.8 Å². The maximum atomic E-state index is 12.9. The van der Waals surface area contributed by atoms with Crippen molar-refractivity contribution in [3.8, 4) is 0 Å². The van der Waals surface area contributed by atoms with E-state index in [4.69, 9.17) is 10.0 Å². The Morgan fingerprint density at radius 2 is 2.08 bits per heavy atom. The summed E-state index contributed by atoms with van der Waals surface area (Å²) in [6.45, 7) is 0. The van der Waals surface area contributed by atoms with Gasteiger partial charge in [0.1, 0.15) is 5.82 Å². The Morgan fingerprint density at radius 1 is 1.38 bits per heavy atom. The van der Waals surface area contributed by atoms with Gasteiger partial charge in [0.15, 0.2) is 0 Å². The predicted molar refractivity (Wildman–Crippen MR) is 53.4 cm³/mol. The van der Waals surface area contributed by atoms with Crippen molar-refractivity contribution in [2.24, 2.45) is 0 Å². The van der Waals surface area contributed by atoms with Gasteiger partial charge in [-0.25, -0.2) is 4.39 Å². The minimum absolute atomic E-state index is 0.198. The highest BCUT2D eigenvalue weighted by Crippen LogP contribution is 2.09. The van der Waals surface area contributed by atoms with Crippen LogP contribution in [0.3, 0.4) is 0 Å². The van der Waals surface area contributed by atoms with Crippen molar-refractivity contribution in [3.63, 3.8) is 0 Å². The van der Waals surface area contributed by atoms with Crippen molar-refractivity contribution < 1.29 is 14.4 Å². The van der Waals surface area contributed by atoms with Gasteiger partial charge in [0.05, 0.1) is 0 Å². The molecule has 0 aliphatic rings. The number of benzene rings is 1. The molecule has 1 rings (SSSR count). The van der Waals surface area contributed by atoms with E-state index in [0.29, 0.717) is 5.75 Å². The Balaban J connectivity index is 2.96. The van der Waals surface area contributed by atoms with Crippen molar-refractivity contribution in [1.29, 1.82) is 0 Å². The van der Waals surface area contributed by atoms with E-state index in [0.717, 1.165) is 11.6 Å². The van der Waals surface area contributed by atoms with Crippen LogP contribution in [0.25, 0.3) is 0 Å². The van der Waals surface area contributed by atoms with Crippen molar-refractivity contribution in [2.75, 3.05) is 6.26 Å². The smallest absolute Gasteiger partial charge is 0.423 e. The normalized spacial score (nSPS) is 10.2. The second kappa shape index (κ2) is 4.65. The van der Waals surface area contributed by atoms with Gasteiger partial charge in [0.25, 0.3) is 0 Å². The summed E-state index contributed by atoms with van der Waals surface area (Å²) in [4.78, 5) is 0. The van der Waals surface area contributed by atoms with Crippen molar-refractivity contribution in [2.45, 2.75) is 5.75 Å². The largest absolute Gasteiger partial charge is 0.488 e. The van der Waals surface area contributed by atoms with E-state index in [1.54, 1.807) is 17.8 Å². The van der Waals surface area contributed by atoms with E-state index in [-0.39, 0.29) is 5.46 Å². The molecular formula is C8H10BFO2S. The first-order valence-corrected chi connectivity index (χ1v) is 5.17. The molecule has 13 heavy (non-hydrogen) atoms. The lowest BCUT2D eigenvalue weighted by atomic mass is 9.79. The molecule has 2 nitrogen and oxygen atoms in total. The molecule has 0 spiro atoms. The lowest BCUT2D eigenvalue weighted by molar-refractivity contribution is 0.425. The standard InChI is InChI=1S/C8H10BFO2S/c1-13-5-6-2-7(9(11)12)4-8(10)3-6/h2-4,11-12H,5H2,1H3. The van der Waals surface area contributed by atoms with Crippen molar-refractivity contribution >= 4 is 24.3 Å². The van der Waals surface area contributed by atoms with E-state index in [1.165, 1.54) is 6.07 Å². The number of halogens is 1. The fraction of sp³-hybridized carbons (Fsp3) is 0.250. The lowest BCUT2D eigenvalue weighted by Crippen LogP contribution is -2.30. The second-order valence-corrected chi connectivity index (χ2v) is 3.57. The van der Waals surface area contributed by atoms with Crippen LogP contribution >= 0.6 is 11.8 Å². The van der Waals surface area contributed by atoms with Crippen LogP contribution in [0.1, 0.15) is 5.56 Å². The molecule has 1 aromatic rings. The molecule has 0 unspecified atom stereocenters. The fourth-order valence-electron chi connectivity index (χ4n) is 1.07. The molecule has 0 radical (unpaired) electrons. The summed E-state index contributed by atoms with van der Waals surface area (Å²) >= 11 is 1.55. The van der Waals surface area contributed by atoms with Crippen LogP contribution in [0.4, 0.5) is 4.39 Å². The third kappa shape index (κ3) is 3.02. The average Bonchev–Trinajstić information content (AvgIpc) is 2.03. The second-order valence-electron chi connectivity index (χ2n) is 2.70. The fourth-order valence-corrected chi connectivity index (χ4v) is 1.57. The van der Waals surface area contributed by atoms with Gasteiger partial charge in [0, 0.05) is 5.75 Å². The minimum atomic E-state index is -1.60. The number of rotatable bonds is 3. The summed E-state index contributed by atoms with van der Waals surface area (Å²) in [5.74, 6) is 0.229. The molecule has 0 saturated carbocycles. The monoisotopic (exact) mass is 200 g/mol. The predicted octanol–water partition coefficient (Wildman–Crippen LogP) is 0.369. The van der Waals surface area contributed by atoms with Crippen LogP contribution in [-0.4, -0.2) is 23.4 Å².